The fourth-order valence-corrected chi connectivity index (χ4v) is 2.46. The van der Waals surface area contributed by atoms with Crippen molar-refractivity contribution >= 4 is 17.7 Å². The number of nitriles is 1. The molecule has 3 nitrogen and oxygen atoms in total. The maximum Gasteiger partial charge on any atom is 0.316 e. The van der Waals surface area contributed by atoms with E-state index in [2.05, 4.69) is 13.0 Å². The molecule has 0 heterocycles. The summed E-state index contributed by atoms with van der Waals surface area (Å²) in [6.45, 7) is 2.25. The van der Waals surface area contributed by atoms with Gasteiger partial charge in [0.1, 0.15) is 6.10 Å². The fourth-order valence-electron chi connectivity index (χ4n) is 1.84. The molecule has 16 heavy (non-hydrogen) atoms. The van der Waals surface area contributed by atoms with Crippen molar-refractivity contribution < 1.29 is 9.53 Å². The van der Waals surface area contributed by atoms with Crippen molar-refractivity contribution in [1.82, 2.24) is 0 Å². The van der Waals surface area contributed by atoms with Crippen molar-refractivity contribution in [2.75, 3.05) is 11.5 Å². The lowest BCUT2D eigenvalue weighted by atomic mass is 9.89. The monoisotopic (exact) mass is 241 g/mol. The number of hydrogen-bond donors (Lipinski definition) is 0. The first-order valence-electron chi connectivity index (χ1n) is 5.86. The molecule has 0 amide bonds. The van der Waals surface area contributed by atoms with E-state index in [1.54, 1.807) is 0 Å². The lowest BCUT2D eigenvalue weighted by Crippen LogP contribution is -2.24. The standard InChI is InChI=1S/C12H19NO2S/c1-10-3-5-11(6-4-10)15-12(14)9-16-8-2-7-13/h10-11H,2-6,8-9H2,1H3. The SMILES string of the molecule is CC1CCC(OC(=O)CSCCC#N)CC1. The van der Waals surface area contributed by atoms with Gasteiger partial charge in [-0.3, -0.25) is 4.79 Å². The Kier molecular flexibility index (Phi) is 6.32. The fraction of sp³-hybridized carbons (Fsp3) is 0.833. The maximum atomic E-state index is 11.4. The van der Waals surface area contributed by atoms with Gasteiger partial charge in [-0.2, -0.15) is 5.26 Å². The Morgan fingerprint density at radius 2 is 2.12 bits per heavy atom. The van der Waals surface area contributed by atoms with Crippen molar-refractivity contribution in [3.05, 3.63) is 0 Å². The summed E-state index contributed by atoms with van der Waals surface area (Å²) >= 11 is 1.48. The minimum absolute atomic E-state index is 0.123. The van der Waals surface area contributed by atoms with Gasteiger partial charge in [-0.15, -0.1) is 11.8 Å². The Balaban J connectivity index is 2.07. The van der Waals surface area contributed by atoms with Crippen LogP contribution in [0.15, 0.2) is 0 Å². The molecular weight excluding hydrogens is 222 g/mol. The minimum Gasteiger partial charge on any atom is -0.462 e. The number of carbonyl (C=O) groups is 1. The van der Waals surface area contributed by atoms with Gasteiger partial charge in [0, 0.05) is 12.2 Å². The third-order valence-corrected chi connectivity index (χ3v) is 3.77. The molecule has 0 bridgehead atoms. The van der Waals surface area contributed by atoms with Gasteiger partial charge in [-0.1, -0.05) is 6.92 Å². The van der Waals surface area contributed by atoms with Gasteiger partial charge in [0.25, 0.3) is 0 Å². The number of hydrogen-bond acceptors (Lipinski definition) is 4. The Hall–Kier alpha value is -0.690. The first-order valence-corrected chi connectivity index (χ1v) is 7.02. The third kappa shape index (κ3) is 5.41. The van der Waals surface area contributed by atoms with Crippen molar-refractivity contribution in [2.24, 2.45) is 5.92 Å². The maximum absolute atomic E-state index is 11.4. The van der Waals surface area contributed by atoms with Crippen LogP contribution < -0.4 is 0 Å². The van der Waals surface area contributed by atoms with Crippen LogP contribution in [-0.4, -0.2) is 23.6 Å². The number of carbonyl (C=O) groups excluding carboxylic acids is 1. The lowest BCUT2D eigenvalue weighted by molar-refractivity contribution is -0.147. The Morgan fingerprint density at radius 1 is 1.44 bits per heavy atom. The molecule has 0 N–H and O–H groups in total. The van der Waals surface area contributed by atoms with E-state index in [1.165, 1.54) is 24.6 Å². The molecule has 0 aromatic carbocycles. The van der Waals surface area contributed by atoms with E-state index in [-0.39, 0.29) is 12.1 Å². The van der Waals surface area contributed by atoms with E-state index < -0.39 is 0 Å². The van der Waals surface area contributed by atoms with Crippen LogP contribution in [0.4, 0.5) is 0 Å². The Bertz CT molecular complexity index is 254. The highest BCUT2D eigenvalue weighted by atomic mass is 32.2. The molecule has 1 aliphatic rings. The van der Waals surface area contributed by atoms with Crippen molar-refractivity contribution in [3.63, 3.8) is 0 Å². The van der Waals surface area contributed by atoms with E-state index in [9.17, 15) is 4.79 Å². The number of esters is 1. The zero-order valence-electron chi connectivity index (χ0n) is 9.78. The smallest absolute Gasteiger partial charge is 0.316 e. The Morgan fingerprint density at radius 3 is 2.75 bits per heavy atom. The van der Waals surface area contributed by atoms with Crippen molar-refractivity contribution in [1.29, 1.82) is 5.26 Å². The van der Waals surface area contributed by atoms with E-state index in [0.29, 0.717) is 17.9 Å². The Labute approximate surface area is 102 Å². The van der Waals surface area contributed by atoms with Gasteiger partial charge in [0.05, 0.1) is 11.8 Å². The van der Waals surface area contributed by atoms with Crippen molar-refractivity contribution in [2.45, 2.75) is 45.1 Å². The molecule has 0 aromatic heterocycles. The summed E-state index contributed by atoms with van der Waals surface area (Å²) in [6.07, 6.45) is 4.99. The molecule has 1 rings (SSSR count). The molecule has 0 unspecified atom stereocenters. The summed E-state index contributed by atoms with van der Waals surface area (Å²) in [5.74, 6) is 1.75. The van der Waals surface area contributed by atoms with Crippen LogP contribution in [0.2, 0.25) is 0 Å². The van der Waals surface area contributed by atoms with E-state index in [4.69, 9.17) is 10.00 Å². The van der Waals surface area contributed by atoms with Gasteiger partial charge >= 0.3 is 5.97 Å². The highest BCUT2D eigenvalue weighted by molar-refractivity contribution is 7.99. The van der Waals surface area contributed by atoms with Crippen LogP contribution in [0, 0.1) is 17.2 Å². The van der Waals surface area contributed by atoms with E-state index >= 15 is 0 Å². The second-order valence-electron chi connectivity index (χ2n) is 4.33. The lowest BCUT2D eigenvalue weighted by Gasteiger charge is -2.25. The van der Waals surface area contributed by atoms with Gasteiger partial charge in [-0.25, -0.2) is 0 Å². The summed E-state index contributed by atoms with van der Waals surface area (Å²) in [6, 6.07) is 2.05. The van der Waals surface area contributed by atoms with Crippen LogP contribution in [0.25, 0.3) is 0 Å². The average Bonchev–Trinajstić information content (AvgIpc) is 2.28. The number of nitrogens with zero attached hydrogens (tertiary/aromatic N) is 1. The molecule has 4 heteroatoms. The number of rotatable bonds is 5. The first kappa shape index (κ1) is 13.4. The quantitative estimate of drug-likeness (QED) is 0.548. The summed E-state index contributed by atoms with van der Waals surface area (Å²) in [5.41, 5.74) is 0. The van der Waals surface area contributed by atoms with E-state index in [0.717, 1.165) is 18.8 Å². The molecule has 0 aromatic rings. The highest BCUT2D eigenvalue weighted by Crippen LogP contribution is 2.25. The van der Waals surface area contributed by atoms with Crippen LogP contribution in [0.1, 0.15) is 39.0 Å². The molecule has 90 valence electrons. The summed E-state index contributed by atoms with van der Waals surface area (Å²) in [5, 5.41) is 8.34. The predicted octanol–water partition coefficient (Wildman–Crippen LogP) is 2.76. The summed E-state index contributed by atoms with van der Waals surface area (Å²) < 4.78 is 5.38. The molecular formula is C12H19NO2S. The van der Waals surface area contributed by atoms with Gasteiger partial charge < -0.3 is 4.74 Å². The third-order valence-electron chi connectivity index (χ3n) is 2.84. The molecule has 1 saturated carbocycles. The van der Waals surface area contributed by atoms with Crippen LogP contribution >= 0.6 is 11.8 Å². The topological polar surface area (TPSA) is 50.1 Å². The molecule has 1 aliphatic carbocycles. The molecule has 0 saturated heterocycles. The second-order valence-corrected chi connectivity index (χ2v) is 5.44. The average molecular weight is 241 g/mol. The summed E-state index contributed by atoms with van der Waals surface area (Å²) in [4.78, 5) is 11.4. The largest absolute Gasteiger partial charge is 0.462 e. The molecule has 1 fully saturated rings. The molecule has 0 aliphatic heterocycles. The first-order chi connectivity index (χ1) is 7.72. The highest BCUT2D eigenvalue weighted by Gasteiger charge is 2.21. The van der Waals surface area contributed by atoms with Gasteiger partial charge in [0.2, 0.25) is 0 Å². The van der Waals surface area contributed by atoms with Crippen LogP contribution in [0.5, 0.6) is 0 Å². The molecule has 0 radical (unpaired) electrons. The minimum atomic E-state index is -0.123. The number of thioether (sulfide) groups is 1. The van der Waals surface area contributed by atoms with Crippen molar-refractivity contribution in [3.8, 4) is 6.07 Å². The molecule has 0 spiro atoms. The van der Waals surface area contributed by atoms with Gasteiger partial charge in [0.15, 0.2) is 0 Å². The van der Waals surface area contributed by atoms with Crippen LogP contribution in [-0.2, 0) is 9.53 Å². The van der Waals surface area contributed by atoms with Gasteiger partial charge in [-0.05, 0) is 31.6 Å². The predicted molar refractivity (Wildman–Crippen MR) is 65.1 cm³/mol. The molecule has 0 atom stereocenters. The second kappa shape index (κ2) is 7.56. The zero-order valence-corrected chi connectivity index (χ0v) is 10.6. The summed E-state index contributed by atoms with van der Waals surface area (Å²) in [7, 11) is 0. The normalized spacial score (nSPS) is 24.8. The zero-order chi connectivity index (χ0) is 11.8. The number of ether oxygens (including phenoxy) is 1. The van der Waals surface area contributed by atoms with Crippen LogP contribution in [0.3, 0.4) is 0 Å². The van der Waals surface area contributed by atoms with E-state index in [1.807, 2.05) is 0 Å².